The first-order chi connectivity index (χ1) is 60.1. The van der Waals surface area contributed by atoms with E-state index in [1.54, 1.807) is 23.1 Å². The summed E-state index contributed by atoms with van der Waals surface area (Å²) in [6.45, 7) is -8.72. The molecule has 6 saturated heterocycles. The quantitative estimate of drug-likeness (QED) is 0.0152. The van der Waals surface area contributed by atoms with Crippen LogP contribution in [0.3, 0.4) is 0 Å². The lowest BCUT2D eigenvalue weighted by molar-refractivity contribution is -0.216. The molecule has 126 heavy (non-hydrogen) atoms. The molecule has 53 nitrogen and oxygen atoms in total. The molecule has 0 spiro atoms. The number of H-pyrrole nitrogens is 2. The van der Waals surface area contributed by atoms with E-state index in [-0.39, 0.29) is 102 Å². The predicted molar refractivity (Wildman–Crippen MR) is 443 cm³/mol. The first kappa shape index (κ1) is 92.5. The Morgan fingerprint density at radius 2 is 0.889 bits per heavy atom. The van der Waals surface area contributed by atoms with Crippen LogP contribution >= 0.6 is 28.0 Å². The first-order valence-electron chi connectivity index (χ1n) is 39.1. The number of hydrogen-bond acceptors (Lipinski definition) is 47. The van der Waals surface area contributed by atoms with Crippen LogP contribution in [-0.4, -0.2) is 273 Å². The summed E-state index contributed by atoms with van der Waals surface area (Å²) in [5.41, 5.74) is 28.1. The Morgan fingerprint density at radius 1 is 0.500 bits per heavy atom. The smallest absolute Gasteiger partial charge is 0.408 e. The molecular formula is C66H88N27O26P4S3-3. The summed E-state index contributed by atoms with van der Waals surface area (Å²) in [5, 5.41) is 42.0. The number of aromatic nitrogens is 20. The Balaban J connectivity index is 0.000000226. The van der Waals surface area contributed by atoms with Gasteiger partial charge in [-0.2, -0.15) is 15.0 Å². The van der Waals surface area contributed by atoms with Gasteiger partial charge in [0.05, 0.1) is 95.5 Å². The Labute approximate surface area is 726 Å². The monoisotopic (exact) mass is 1890 g/mol. The van der Waals surface area contributed by atoms with E-state index >= 15 is 0 Å². The van der Waals surface area contributed by atoms with Gasteiger partial charge in [-0.3, -0.25) is 55.6 Å². The third-order valence-corrected chi connectivity index (χ3v) is 28.3. The average Bonchev–Trinajstić information content (AvgIpc) is 1.63. The van der Waals surface area contributed by atoms with Gasteiger partial charge in [-0.05, 0) is 39.2 Å². The van der Waals surface area contributed by atoms with E-state index in [4.69, 9.17) is 129 Å². The number of aromatic amines is 2. The van der Waals surface area contributed by atoms with E-state index < -0.39 is 194 Å². The maximum absolute atomic E-state index is 14.6. The SMILES string of the molecule is CCN(CC)CCN(C)P(=O)(OC[C@H]1O[C@@H](n2ccc(N)nc2=O)C[C@H]1O)O[C@@H]1C[C@H](n2cnc3c(=O)[nH]c(C)nc32)O[C@@H]1CO.Nc1ccn([C@H]2C[C@@H](O)[C@@H](COP([O-])(=S)O[C@@H]3C[C@H](n4cnc5c(N)ncnc54)O[C@@H]3COP(=O)([S-])O[C@@H]3C[C@H](n4cnc5c(=O)[nH]c(N)nc54)O[C@@H]3COP([O-])(=S)O[C@@H]3C[C@H](n4cnc5c(N)ncnc54)O[C@@H]3CO)O2)c(=O)n1. The Kier molecular flexibility index (Phi) is 28.2. The van der Waals surface area contributed by atoms with Crippen LogP contribution in [0, 0.1) is 6.92 Å². The molecule has 6 aliphatic heterocycles. The first-order valence-corrected chi connectivity index (χ1v) is 48.2. The van der Waals surface area contributed by atoms with Gasteiger partial charge in [0.15, 0.2) is 52.1 Å². The summed E-state index contributed by atoms with van der Waals surface area (Å²) in [4.78, 5) is 134. The van der Waals surface area contributed by atoms with Gasteiger partial charge in [-0.25, -0.2) is 63.7 Å². The van der Waals surface area contributed by atoms with Gasteiger partial charge in [0.25, 0.3) is 11.1 Å². The van der Waals surface area contributed by atoms with E-state index in [0.29, 0.717) is 35.7 Å². The zero-order chi connectivity index (χ0) is 89.6. The van der Waals surface area contributed by atoms with Crippen molar-refractivity contribution in [1.29, 1.82) is 0 Å². The largest absolute Gasteiger partial charge is 0.780 e. The number of ether oxygens (including phenoxy) is 6. The molecule has 0 aliphatic carbocycles. The molecule has 6 fully saturated rings. The minimum atomic E-state index is -4.69. The number of nitrogens with one attached hydrogen (secondary N) is 2. The van der Waals surface area contributed by atoms with E-state index in [2.05, 4.69) is 74.7 Å². The summed E-state index contributed by atoms with van der Waals surface area (Å²) >= 11 is 16.1. The number of nitrogen functional groups attached to an aromatic ring is 5. The van der Waals surface area contributed by atoms with Crippen LogP contribution in [0.2, 0.25) is 0 Å². The van der Waals surface area contributed by atoms with Gasteiger partial charge in [-0.1, -0.05) is 37.5 Å². The Bertz CT molecular complexity index is 6050. The standard InChI is InChI=1S/C39H49N18O17P3S3.C27H42N9O9P/c40-24-1-2-54(39(61)51-24)25-3-16(59)21(69-25)8-65-75(62,78)73-18-5-27(56-14-49-30-33(42)45-12-47-35(30)56)70-22(18)9-67-77(64,80)74-19-6-28(57-15-50-31-36(57)52-38(43)53-37(31)60)71-23(19)10-66-76(63,79)72-17-4-26(68-20(17)7-58)55-13-48-29-32(41)44-11-46-34(29)55;1-5-34(6-2)10-9-33(4)46(41,42-14-20-17(38)11-22(44-20)35-8-7-21(28)32-27(35)40)45-18-12-23(43-19(18)13-37)36-15-29-24-25(36)30-16(3)31-26(24)39/h1-2,11-23,25-28,58-59H,3-10H2,(H,62,78)(H,63,79)(H,64,80)(H2,40,51,61)(H2,41,44,46)(H2,42,45,47)(H3,43,52,53,60);7-8,15,17-20,22-23,37-38H,5-6,9-14H2,1-4H3,(H2,28,32,40)(H,30,31,39)/p-3/t16-,17-,18-,19-,20-,21-,22-,23-,25-,26-,27-,28-,75?,76?,77?;17-,18-,19-,20-,22-,23-,46?/m11/s1. The Hall–Kier alpha value is -8.21. The molecule has 60 heteroatoms. The molecular weight excluding hydrogens is 1810 g/mol. The summed E-state index contributed by atoms with van der Waals surface area (Å²) in [7, 11) is -2.50. The summed E-state index contributed by atoms with van der Waals surface area (Å²) in [5.74, 6) is 0.398. The van der Waals surface area contributed by atoms with Gasteiger partial charge >= 0.3 is 19.1 Å². The van der Waals surface area contributed by atoms with Gasteiger partial charge in [0, 0.05) is 64.0 Å². The van der Waals surface area contributed by atoms with Crippen LogP contribution in [0.5, 0.6) is 0 Å². The second kappa shape index (κ2) is 38.5. The fourth-order valence-electron chi connectivity index (χ4n) is 15.1. The molecule has 6 aliphatic rings. The molecule has 0 saturated carbocycles. The van der Waals surface area contributed by atoms with Gasteiger partial charge in [0.2, 0.25) is 5.95 Å². The topological polar surface area (TPSA) is 711 Å². The van der Waals surface area contributed by atoms with Crippen LogP contribution < -0.4 is 61.0 Å². The highest BCUT2D eigenvalue weighted by Gasteiger charge is 2.49. The molecule has 0 aromatic carbocycles. The number of hydrogen-bond donors (Lipinski definition) is 11. The van der Waals surface area contributed by atoms with Gasteiger partial charge in [-0.15, -0.1) is 0 Å². The number of nitrogens with zero attached hydrogens (tertiary/aromatic N) is 20. The number of nitrogens with two attached hydrogens (primary N) is 5. The molecule has 10 aromatic heterocycles. The molecule has 16 N–H and O–H groups in total. The number of aliphatic hydroxyl groups is 4. The molecule has 16 heterocycles. The molecule has 0 amide bonds. The number of imidazole rings is 4. The van der Waals surface area contributed by atoms with Crippen molar-refractivity contribution in [3.8, 4) is 0 Å². The second-order valence-corrected chi connectivity index (χ2v) is 39.9. The second-order valence-electron chi connectivity index (χ2n) is 29.7. The van der Waals surface area contributed by atoms with Crippen LogP contribution in [0.4, 0.5) is 29.2 Å². The highest BCUT2D eigenvalue weighted by atomic mass is 32.7. The normalized spacial score (nSPS) is 28.3. The maximum atomic E-state index is 14.6. The Morgan fingerprint density at radius 3 is 1.36 bits per heavy atom. The molecule has 0 radical (unpaired) electrons. The fraction of sp³-hybridized carbons (Fsp3) is 0.576. The van der Waals surface area contributed by atoms with Crippen molar-refractivity contribution in [3.05, 3.63) is 110 Å². The minimum absolute atomic E-state index is 0.00253. The summed E-state index contributed by atoms with van der Waals surface area (Å²) in [6.07, 6.45) is -8.26. The van der Waals surface area contributed by atoms with Crippen LogP contribution in [0.15, 0.2) is 81.7 Å². The van der Waals surface area contributed by atoms with Crippen LogP contribution in [0.1, 0.15) is 95.6 Å². The number of rotatable bonds is 34. The lowest BCUT2D eigenvalue weighted by Crippen LogP contribution is -2.36. The van der Waals surface area contributed by atoms with Gasteiger partial charge in [0.1, 0.15) is 135 Å². The number of aliphatic hydroxyl groups excluding tert-OH is 4. The summed E-state index contributed by atoms with van der Waals surface area (Å²) < 4.78 is 122. The third kappa shape index (κ3) is 20.5. The van der Waals surface area contributed by atoms with Crippen LogP contribution in [-0.2, 0) is 110 Å². The number of aryl methyl sites for hydroxylation is 1. The summed E-state index contributed by atoms with van der Waals surface area (Å²) in [6, 6.07) is 2.83. The van der Waals surface area contributed by atoms with E-state index in [9.17, 15) is 58.5 Å². The maximum Gasteiger partial charge on any atom is 0.408 e. The minimum Gasteiger partial charge on any atom is -0.780 e. The van der Waals surface area contributed by atoms with E-state index in [0.717, 1.165) is 17.7 Å². The number of fused-ring (bicyclic) bond motifs is 4. The number of likely N-dealkylation sites (N-methyl/N-ethyl adjacent to an activating group) is 2. The van der Waals surface area contributed by atoms with Crippen molar-refractivity contribution in [3.63, 3.8) is 0 Å². The van der Waals surface area contributed by atoms with Crippen molar-refractivity contribution in [2.45, 2.75) is 170 Å². The molecule has 684 valence electrons. The molecule has 10 aromatic rings. The van der Waals surface area contributed by atoms with Crippen molar-refractivity contribution < 1.29 is 104 Å². The highest BCUT2D eigenvalue weighted by molar-refractivity contribution is 8.32. The van der Waals surface area contributed by atoms with Crippen LogP contribution in [0.25, 0.3) is 44.7 Å². The zero-order valence-electron chi connectivity index (χ0n) is 67.1. The average molecular weight is 1900 g/mol. The van der Waals surface area contributed by atoms with Crippen molar-refractivity contribution >= 4 is 138 Å². The molecule has 4 unspecified atom stereocenters. The highest BCUT2D eigenvalue weighted by Crippen LogP contribution is 2.57. The lowest BCUT2D eigenvalue weighted by atomic mass is 10.2. The lowest BCUT2D eigenvalue weighted by Gasteiger charge is -2.35. The fourth-order valence-corrected chi connectivity index (χ4v) is 21.1. The van der Waals surface area contributed by atoms with Crippen molar-refractivity contribution in [2.75, 3.05) is 102 Å². The van der Waals surface area contributed by atoms with Crippen molar-refractivity contribution in [2.24, 2.45) is 0 Å². The molecule has 22 atom stereocenters. The molecule has 0 bridgehead atoms. The zero-order valence-corrected chi connectivity index (χ0v) is 73.1. The predicted octanol–water partition coefficient (Wildman–Crippen LogP) is -2.10. The van der Waals surface area contributed by atoms with E-state index in [1.807, 2.05) is 13.8 Å². The molecule has 16 rings (SSSR count). The van der Waals surface area contributed by atoms with E-state index in [1.165, 1.54) is 80.9 Å². The third-order valence-electron chi connectivity index (χ3n) is 21.5. The van der Waals surface area contributed by atoms with Gasteiger partial charge < -0.3 is 137 Å². The van der Waals surface area contributed by atoms with Crippen molar-refractivity contribution in [1.82, 2.24) is 107 Å². The number of anilines is 5.